The average Bonchev–Trinajstić information content (AvgIpc) is 2.17. The van der Waals surface area contributed by atoms with E-state index in [1.807, 2.05) is 0 Å². The van der Waals surface area contributed by atoms with Gasteiger partial charge in [0.15, 0.2) is 5.84 Å². The van der Waals surface area contributed by atoms with Crippen molar-refractivity contribution in [3.63, 3.8) is 0 Å². The van der Waals surface area contributed by atoms with Gasteiger partial charge in [0, 0.05) is 5.56 Å². The number of nitroso groups, excluding NO2 is 1. The largest absolute Gasteiger partial charge is 0.409 e. The smallest absolute Gasteiger partial charge is 0.170 e. The molecule has 3 N–H and O–H groups in total. The van der Waals surface area contributed by atoms with Crippen LogP contribution in [0.2, 0.25) is 0 Å². The number of hydrogen-bond acceptors (Lipinski definition) is 4. The summed E-state index contributed by atoms with van der Waals surface area (Å²) < 4.78 is 0. The van der Waals surface area contributed by atoms with E-state index >= 15 is 0 Å². The van der Waals surface area contributed by atoms with Crippen molar-refractivity contribution in [3.05, 3.63) is 34.2 Å². The fraction of sp³-hybridized carbons (Fsp3) is 0.125. The third-order valence-corrected chi connectivity index (χ3v) is 1.71. The Kier molecular flexibility index (Phi) is 2.59. The van der Waals surface area contributed by atoms with E-state index in [9.17, 15) is 4.91 Å². The van der Waals surface area contributed by atoms with Gasteiger partial charge in [-0.1, -0.05) is 17.3 Å². The van der Waals surface area contributed by atoms with Crippen LogP contribution in [0.25, 0.3) is 0 Å². The Morgan fingerprint density at radius 2 is 2.23 bits per heavy atom. The van der Waals surface area contributed by atoms with Crippen molar-refractivity contribution < 1.29 is 5.21 Å². The van der Waals surface area contributed by atoms with Crippen molar-refractivity contribution in [1.82, 2.24) is 0 Å². The molecule has 0 aromatic heterocycles. The van der Waals surface area contributed by atoms with Gasteiger partial charge in [-0.15, -0.1) is 4.91 Å². The number of amidine groups is 1. The molecule has 0 heterocycles. The number of aryl methyl sites for hydroxylation is 1. The Bertz CT molecular complexity index is 360. The Morgan fingerprint density at radius 3 is 2.77 bits per heavy atom. The maximum Gasteiger partial charge on any atom is 0.170 e. The SMILES string of the molecule is Cc1ccc(/C(N)=N/O)cc1N=O. The van der Waals surface area contributed by atoms with Gasteiger partial charge in [0.05, 0.1) is 0 Å². The van der Waals surface area contributed by atoms with Crippen LogP contribution in [-0.4, -0.2) is 11.0 Å². The molecule has 0 amide bonds. The quantitative estimate of drug-likeness (QED) is 0.237. The summed E-state index contributed by atoms with van der Waals surface area (Å²) in [6, 6.07) is 4.81. The fourth-order valence-corrected chi connectivity index (χ4v) is 0.925. The molecule has 68 valence electrons. The standard InChI is InChI=1S/C8H9N3O2/c1-5-2-3-6(8(9)11-13)4-7(5)10-12/h2-4,13H,1H3,(H2,9,11). The number of benzene rings is 1. The molecule has 0 atom stereocenters. The molecular weight excluding hydrogens is 170 g/mol. The number of nitrogens with two attached hydrogens (primary N) is 1. The molecule has 0 saturated heterocycles. The third kappa shape index (κ3) is 1.81. The van der Waals surface area contributed by atoms with Crippen LogP contribution in [0, 0.1) is 11.8 Å². The minimum Gasteiger partial charge on any atom is -0.409 e. The van der Waals surface area contributed by atoms with Crippen LogP contribution < -0.4 is 5.73 Å². The summed E-state index contributed by atoms with van der Waals surface area (Å²) in [5.41, 5.74) is 6.85. The highest BCUT2D eigenvalue weighted by atomic mass is 16.4. The second-order valence-corrected chi connectivity index (χ2v) is 2.58. The van der Waals surface area contributed by atoms with Crippen LogP contribution in [0.3, 0.4) is 0 Å². The average molecular weight is 179 g/mol. The predicted molar refractivity (Wildman–Crippen MR) is 49.1 cm³/mol. The molecule has 1 aromatic rings. The molecule has 13 heavy (non-hydrogen) atoms. The Balaban J connectivity index is 3.21. The second kappa shape index (κ2) is 3.66. The first-order valence-corrected chi connectivity index (χ1v) is 3.61. The van der Waals surface area contributed by atoms with Gasteiger partial charge >= 0.3 is 0 Å². The van der Waals surface area contributed by atoms with E-state index in [1.165, 1.54) is 6.07 Å². The fourth-order valence-electron chi connectivity index (χ4n) is 0.925. The molecule has 5 nitrogen and oxygen atoms in total. The van der Waals surface area contributed by atoms with Crippen LogP contribution in [0.1, 0.15) is 11.1 Å². The summed E-state index contributed by atoms with van der Waals surface area (Å²) >= 11 is 0. The summed E-state index contributed by atoms with van der Waals surface area (Å²) in [7, 11) is 0. The maximum absolute atomic E-state index is 10.3. The maximum atomic E-state index is 10.3. The zero-order chi connectivity index (χ0) is 9.84. The second-order valence-electron chi connectivity index (χ2n) is 2.58. The van der Waals surface area contributed by atoms with Gasteiger partial charge < -0.3 is 10.9 Å². The molecule has 1 rings (SSSR count). The highest BCUT2D eigenvalue weighted by molar-refractivity contribution is 5.97. The Hall–Kier alpha value is -1.91. The zero-order valence-corrected chi connectivity index (χ0v) is 7.06. The molecule has 1 aromatic carbocycles. The molecule has 0 bridgehead atoms. The van der Waals surface area contributed by atoms with E-state index in [2.05, 4.69) is 10.3 Å². The molecule has 0 radical (unpaired) electrons. The van der Waals surface area contributed by atoms with E-state index < -0.39 is 0 Å². The summed E-state index contributed by atoms with van der Waals surface area (Å²) in [5, 5.41) is 14.0. The molecule has 0 fully saturated rings. The molecule has 0 aliphatic heterocycles. The van der Waals surface area contributed by atoms with E-state index in [0.29, 0.717) is 11.3 Å². The molecule has 0 unspecified atom stereocenters. The topological polar surface area (TPSA) is 88.0 Å². The van der Waals surface area contributed by atoms with Crippen LogP contribution in [0.15, 0.2) is 28.5 Å². The lowest BCUT2D eigenvalue weighted by atomic mass is 10.1. The first-order chi connectivity index (χ1) is 6.19. The van der Waals surface area contributed by atoms with Gasteiger partial charge in [-0.2, -0.15) is 0 Å². The van der Waals surface area contributed by atoms with Crippen molar-refractivity contribution in [1.29, 1.82) is 0 Å². The van der Waals surface area contributed by atoms with Crippen molar-refractivity contribution in [2.24, 2.45) is 16.1 Å². The van der Waals surface area contributed by atoms with Gasteiger partial charge in [0.25, 0.3) is 0 Å². The van der Waals surface area contributed by atoms with Crippen LogP contribution >= 0.6 is 0 Å². The lowest BCUT2D eigenvalue weighted by molar-refractivity contribution is 0.318. The van der Waals surface area contributed by atoms with Crippen LogP contribution in [-0.2, 0) is 0 Å². The molecule has 0 spiro atoms. The first-order valence-electron chi connectivity index (χ1n) is 3.61. The Labute approximate surface area is 74.8 Å². The van der Waals surface area contributed by atoms with Crippen LogP contribution in [0.4, 0.5) is 5.69 Å². The van der Waals surface area contributed by atoms with Crippen molar-refractivity contribution in [2.45, 2.75) is 6.92 Å². The first kappa shape index (κ1) is 9.18. The van der Waals surface area contributed by atoms with Crippen molar-refractivity contribution >= 4 is 11.5 Å². The van der Waals surface area contributed by atoms with Gasteiger partial charge in [-0.25, -0.2) is 0 Å². The predicted octanol–water partition coefficient (Wildman–Crippen LogP) is 1.49. The molecule has 5 heteroatoms. The molecule has 0 aliphatic rings. The summed E-state index contributed by atoms with van der Waals surface area (Å²) in [4.78, 5) is 10.3. The number of hydrogen-bond donors (Lipinski definition) is 2. The van der Waals surface area contributed by atoms with E-state index in [-0.39, 0.29) is 5.84 Å². The minimum atomic E-state index is -0.0371. The molecule has 0 saturated carbocycles. The zero-order valence-electron chi connectivity index (χ0n) is 7.06. The van der Waals surface area contributed by atoms with Crippen LogP contribution in [0.5, 0.6) is 0 Å². The highest BCUT2D eigenvalue weighted by Gasteiger charge is 2.03. The van der Waals surface area contributed by atoms with Gasteiger partial charge in [-0.05, 0) is 23.7 Å². The highest BCUT2D eigenvalue weighted by Crippen LogP contribution is 2.19. The molecular formula is C8H9N3O2. The van der Waals surface area contributed by atoms with Crippen molar-refractivity contribution in [3.8, 4) is 0 Å². The lowest BCUT2D eigenvalue weighted by Crippen LogP contribution is -2.12. The number of rotatable bonds is 2. The van der Waals surface area contributed by atoms with Crippen molar-refractivity contribution in [2.75, 3.05) is 0 Å². The minimum absolute atomic E-state index is 0.0371. The van der Waals surface area contributed by atoms with Gasteiger partial charge in [-0.3, -0.25) is 0 Å². The summed E-state index contributed by atoms with van der Waals surface area (Å²) in [5.74, 6) is -0.0371. The monoisotopic (exact) mass is 179 g/mol. The van der Waals surface area contributed by atoms with E-state index in [0.717, 1.165) is 5.56 Å². The summed E-state index contributed by atoms with van der Waals surface area (Å²) in [6.45, 7) is 1.76. The van der Waals surface area contributed by atoms with Gasteiger partial charge in [0.2, 0.25) is 0 Å². The molecule has 0 aliphatic carbocycles. The van der Waals surface area contributed by atoms with Gasteiger partial charge in [0.1, 0.15) is 5.69 Å². The lowest BCUT2D eigenvalue weighted by Gasteiger charge is -2.00. The number of nitrogens with zero attached hydrogens (tertiary/aromatic N) is 2. The summed E-state index contributed by atoms with van der Waals surface area (Å²) in [6.07, 6.45) is 0. The normalized spacial score (nSPS) is 11.3. The number of oxime groups is 1. The third-order valence-electron chi connectivity index (χ3n) is 1.71. The van der Waals surface area contributed by atoms with E-state index in [4.69, 9.17) is 10.9 Å². The van der Waals surface area contributed by atoms with E-state index in [1.54, 1.807) is 19.1 Å². The Morgan fingerprint density at radius 1 is 1.54 bits per heavy atom.